The molecule has 0 aromatic heterocycles. The summed E-state index contributed by atoms with van der Waals surface area (Å²) in [6, 6.07) is 4.05. The Labute approximate surface area is 403 Å². The van der Waals surface area contributed by atoms with Crippen molar-refractivity contribution in [3.05, 3.63) is 42.0 Å². The van der Waals surface area contributed by atoms with Gasteiger partial charge in [0, 0.05) is 70.1 Å². The minimum absolute atomic E-state index is 0.0199. The number of aliphatic hydroxyl groups excluding tert-OH is 3. The lowest BCUT2D eigenvalue weighted by molar-refractivity contribution is -0.298. The number of primary amides is 1. The average Bonchev–Trinajstić information content (AvgIpc) is 3.30. The molecule has 2 aliphatic heterocycles. The highest BCUT2D eigenvalue weighted by Crippen LogP contribution is 2.41. The lowest BCUT2D eigenvalue weighted by Crippen LogP contribution is -2.62. The van der Waals surface area contributed by atoms with Crippen molar-refractivity contribution in [3.8, 4) is 0 Å². The molecule has 13 N–H and O–H groups in total. The minimum Gasteiger partial charge on any atom is -0.447 e. The van der Waals surface area contributed by atoms with Crippen LogP contribution in [0.3, 0.4) is 0 Å². The zero-order valence-corrected chi connectivity index (χ0v) is 41.0. The Bertz CT molecular complexity index is 1870. The standard InChI is InChI=1S/C46H76N8O15/c1-25(2)36(47)39(59)53-32(12-10-17-49-42(48)61)38(58)52-30-15-13-29(14-16-30)23-66-43(62)50-18-11-19-51-44(63)67-24-31(55)20-35-45(6,7)34(56)21-33(68-35)41(64-8)54-40(60)37(57)46(65-9)22-26(3)27(4)28(5)69-46/h13-16,25,27-28,31-37,41,55-57H,3,10-12,17-24,47H2,1-2,4-9H3,(H,50,62)(H,51,63)(H,52,58)(H,53,59)(H,54,60)(H3,48,49,61)/t27-,28-,31+,32+,33+,34-,35-,36+,37-,41+,46-/m1/s1. The van der Waals surface area contributed by atoms with Crippen molar-refractivity contribution in [1.82, 2.24) is 26.6 Å². The first kappa shape index (κ1) is 58.2. The molecule has 0 aliphatic carbocycles. The number of alkyl carbamates (subject to hydrolysis) is 2. The molecule has 1 aromatic rings. The highest BCUT2D eigenvalue weighted by Gasteiger charge is 2.51. The molecule has 0 bridgehead atoms. The molecule has 0 radical (unpaired) electrons. The quantitative estimate of drug-likeness (QED) is 0.0369. The number of rotatable bonds is 25. The van der Waals surface area contributed by atoms with Gasteiger partial charge in [-0.05, 0) is 49.8 Å². The highest BCUT2D eigenvalue weighted by molar-refractivity contribution is 5.97. The number of carbonyl (C=O) groups is 6. The number of nitrogens with one attached hydrogen (secondary N) is 6. The predicted octanol–water partition coefficient (Wildman–Crippen LogP) is 0.973. The molecule has 0 spiro atoms. The minimum atomic E-state index is -1.77. The topological polar surface area (TPSA) is 343 Å². The van der Waals surface area contributed by atoms with Crippen LogP contribution in [0.25, 0.3) is 0 Å². The molecular weight excluding hydrogens is 905 g/mol. The molecule has 2 saturated heterocycles. The van der Waals surface area contributed by atoms with Crippen molar-refractivity contribution >= 4 is 41.6 Å². The maximum atomic E-state index is 13.4. The second-order valence-electron chi connectivity index (χ2n) is 18.5. The summed E-state index contributed by atoms with van der Waals surface area (Å²) in [6.07, 6.45) is -7.66. The van der Waals surface area contributed by atoms with Crippen molar-refractivity contribution in [2.24, 2.45) is 28.7 Å². The fourth-order valence-electron chi connectivity index (χ4n) is 7.60. The number of amides is 7. The molecule has 2 fully saturated rings. The molecule has 3 rings (SSSR count). The fourth-order valence-corrected chi connectivity index (χ4v) is 7.60. The molecule has 7 amide bonds. The summed E-state index contributed by atoms with van der Waals surface area (Å²) in [6.45, 7) is 14.9. The van der Waals surface area contributed by atoms with Crippen molar-refractivity contribution in [1.29, 1.82) is 0 Å². The third-order valence-corrected chi connectivity index (χ3v) is 12.6. The van der Waals surface area contributed by atoms with Gasteiger partial charge in [0.25, 0.3) is 5.91 Å². The molecule has 0 saturated carbocycles. The van der Waals surface area contributed by atoms with E-state index >= 15 is 0 Å². The van der Waals surface area contributed by atoms with E-state index in [0.29, 0.717) is 24.1 Å². The summed E-state index contributed by atoms with van der Waals surface area (Å²) in [7, 11) is 2.67. The molecule has 23 heteroatoms. The number of urea groups is 1. The van der Waals surface area contributed by atoms with E-state index < -0.39 is 103 Å². The molecule has 1 aromatic carbocycles. The zero-order valence-electron chi connectivity index (χ0n) is 41.0. The third kappa shape index (κ3) is 17.6. The first-order chi connectivity index (χ1) is 32.4. The number of nitrogens with two attached hydrogens (primary N) is 2. The smallest absolute Gasteiger partial charge is 0.407 e. The van der Waals surface area contributed by atoms with E-state index in [1.54, 1.807) is 58.9 Å². The van der Waals surface area contributed by atoms with Crippen LogP contribution in [0.1, 0.15) is 85.6 Å². The van der Waals surface area contributed by atoms with Crippen LogP contribution in [0.15, 0.2) is 36.4 Å². The predicted molar refractivity (Wildman–Crippen MR) is 251 cm³/mol. The van der Waals surface area contributed by atoms with Crippen LogP contribution in [-0.2, 0) is 49.4 Å². The first-order valence-electron chi connectivity index (χ1n) is 23.2. The summed E-state index contributed by atoms with van der Waals surface area (Å²) in [5, 5.41) is 48.8. The van der Waals surface area contributed by atoms with Crippen molar-refractivity contribution < 1.29 is 72.5 Å². The van der Waals surface area contributed by atoms with Gasteiger partial charge in [0.15, 0.2) is 12.3 Å². The maximum absolute atomic E-state index is 13.4. The number of carbonyl (C=O) groups excluding carboxylic acids is 6. The Hall–Kier alpha value is -5.14. The molecule has 11 atom stereocenters. The van der Waals surface area contributed by atoms with Crippen molar-refractivity contribution in [2.45, 2.75) is 147 Å². The molecule has 69 heavy (non-hydrogen) atoms. The van der Waals surface area contributed by atoms with Gasteiger partial charge in [-0.15, -0.1) is 0 Å². The number of ether oxygens (including phenoxy) is 6. The van der Waals surface area contributed by atoms with Crippen LogP contribution < -0.4 is 43.4 Å². The lowest BCUT2D eigenvalue weighted by atomic mass is 9.74. The summed E-state index contributed by atoms with van der Waals surface area (Å²) in [5.41, 5.74) is 12.0. The van der Waals surface area contributed by atoms with Gasteiger partial charge in [-0.25, -0.2) is 14.4 Å². The van der Waals surface area contributed by atoms with Crippen LogP contribution in [0.2, 0.25) is 0 Å². The average molecular weight is 981 g/mol. The van der Waals surface area contributed by atoms with E-state index in [1.165, 1.54) is 14.2 Å². The largest absolute Gasteiger partial charge is 0.447 e. The number of benzene rings is 1. The number of hydrogen-bond acceptors (Lipinski definition) is 16. The van der Waals surface area contributed by atoms with E-state index in [4.69, 9.17) is 39.9 Å². The van der Waals surface area contributed by atoms with Crippen LogP contribution in [0.5, 0.6) is 0 Å². The van der Waals surface area contributed by atoms with Crippen LogP contribution in [0, 0.1) is 17.3 Å². The van der Waals surface area contributed by atoms with Gasteiger partial charge in [0.05, 0.1) is 30.5 Å². The molecule has 0 unspecified atom stereocenters. The zero-order chi connectivity index (χ0) is 51.6. The van der Waals surface area contributed by atoms with Gasteiger partial charge >= 0.3 is 18.2 Å². The Kier molecular flexibility index (Phi) is 23.0. The maximum Gasteiger partial charge on any atom is 0.407 e. The van der Waals surface area contributed by atoms with Gasteiger partial charge in [0.2, 0.25) is 17.6 Å². The van der Waals surface area contributed by atoms with Crippen molar-refractivity contribution in [3.63, 3.8) is 0 Å². The Balaban J connectivity index is 1.38. The van der Waals surface area contributed by atoms with E-state index in [-0.39, 0.29) is 69.9 Å². The van der Waals surface area contributed by atoms with E-state index in [9.17, 15) is 44.1 Å². The number of hydrogen-bond donors (Lipinski definition) is 11. The van der Waals surface area contributed by atoms with Crippen LogP contribution in [-0.4, -0.2) is 152 Å². The summed E-state index contributed by atoms with van der Waals surface area (Å²) >= 11 is 0. The number of anilines is 1. The Morgan fingerprint density at radius 1 is 0.899 bits per heavy atom. The van der Waals surface area contributed by atoms with E-state index in [2.05, 4.69) is 38.5 Å². The number of aliphatic hydroxyl groups is 3. The molecular formula is C46H76N8O15. The highest BCUT2D eigenvalue weighted by atomic mass is 16.7. The lowest BCUT2D eigenvalue weighted by Gasteiger charge is -2.48. The SMILES string of the molecule is C=C1C[C@](OC)([C@H](O)C(=O)N[C@@H](OC)[C@@H]2C[C@@H](O)C(C)(C)[C@@H](C[C@H](O)COC(=O)NCCCNC(=O)OCc3ccc(NC(=O)[C@H](CCCNC(N)=O)NC(=O)[C@@H](N)C(C)C)cc3)O2)O[C@H](C)[C@@H]1C. The van der Waals surface area contributed by atoms with Gasteiger partial charge in [-0.3, -0.25) is 14.4 Å². The molecule has 2 aliphatic rings. The second-order valence-corrected chi connectivity index (χ2v) is 18.5. The molecule has 23 nitrogen and oxygen atoms in total. The summed E-state index contributed by atoms with van der Waals surface area (Å²) < 4.78 is 33.8. The summed E-state index contributed by atoms with van der Waals surface area (Å²) in [4.78, 5) is 74.8. The van der Waals surface area contributed by atoms with Gasteiger partial charge < -0.3 is 87.1 Å². The molecule has 390 valence electrons. The second kappa shape index (κ2) is 27.3. The molecule has 2 heterocycles. The van der Waals surface area contributed by atoms with Crippen molar-refractivity contribution in [2.75, 3.05) is 45.8 Å². The van der Waals surface area contributed by atoms with Crippen LogP contribution in [0.4, 0.5) is 20.1 Å². The fraction of sp³-hybridized carbons (Fsp3) is 0.696. The Morgan fingerprint density at radius 2 is 1.52 bits per heavy atom. The van der Waals surface area contributed by atoms with Gasteiger partial charge in [0.1, 0.15) is 25.4 Å². The third-order valence-electron chi connectivity index (χ3n) is 12.6. The number of methoxy groups -OCH3 is 2. The monoisotopic (exact) mass is 981 g/mol. The van der Waals surface area contributed by atoms with Gasteiger partial charge in [-0.1, -0.05) is 58.9 Å². The van der Waals surface area contributed by atoms with Crippen LogP contribution >= 0.6 is 0 Å². The van der Waals surface area contributed by atoms with E-state index in [1.807, 2.05) is 6.92 Å². The summed E-state index contributed by atoms with van der Waals surface area (Å²) in [5.74, 6) is -3.68. The normalized spacial score (nSPS) is 24.4. The van der Waals surface area contributed by atoms with Gasteiger partial charge in [-0.2, -0.15) is 0 Å². The first-order valence-corrected chi connectivity index (χ1v) is 23.2. The van der Waals surface area contributed by atoms with E-state index in [0.717, 1.165) is 5.57 Å². The Morgan fingerprint density at radius 3 is 2.10 bits per heavy atom.